The Morgan fingerprint density at radius 2 is 1.23 bits per heavy atom. The zero-order valence-electron chi connectivity index (χ0n) is 7.72. The number of rotatable bonds is 7. The number of halogens is 2. The fraction of sp³-hybridized carbons (Fsp3) is 1.00. The van der Waals surface area contributed by atoms with Crippen molar-refractivity contribution in [1.29, 1.82) is 0 Å². The second-order valence-corrected chi connectivity index (χ2v) is 3.73. The maximum absolute atomic E-state index is 7.62. The van der Waals surface area contributed by atoms with E-state index in [0.717, 1.165) is 36.7 Å². The predicted octanol–water partition coefficient (Wildman–Crippen LogP) is 1.54. The molecule has 0 saturated heterocycles. The second kappa shape index (κ2) is 18.6. The Bertz CT molecular complexity index is 66.4. The molecule has 0 aromatic heterocycles. The van der Waals surface area contributed by atoms with Crippen molar-refractivity contribution >= 4 is 31.9 Å². The molecule has 13 heavy (non-hydrogen) atoms. The highest BCUT2D eigenvalue weighted by molar-refractivity contribution is 9.09. The van der Waals surface area contributed by atoms with Gasteiger partial charge in [-0.15, -0.1) is 0 Å². The number of hydrogen-bond acceptors (Lipinski definition) is 3. The van der Waals surface area contributed by atoms with Crippen molar-refractivity contribution in [2.45, 2.75) is 12.8 Å². The van der Waals surface area contributed by atoms with Crippen molar-refractivity contribution in [2.24, 2.45) is 0 Å². The molecule has 0 spiro atoms. The zero-order chi connectivity index (χ0) is 10.4. The third kappa shape index (κ3) is 24.5. The summed E-state index contributed by atoms with van der Waals surface area (Å²) in [7, 11) is 0. The minimum atomic E-state index is -0.125. The van der Waals surface area contributed by atoms with Crippen LogP contribution in [0.1, 0.15) is 12.8 Å². The van der Waals surface area contributed by atoms with Crippen LogP contribution < -0.4 is 0 Å². The molecular weight excluding hydrogens is 304 g/mol. The quantitative estimate of drug-likeness (QED) is 0.552. The lowest BCUT2D eigenvalue weighted by Crippen LogP contribution is -1.97. The first kappa shape index (κ1) is 16.3. The Hall–Kier alpha value is 0.840. The summed E-state index contributed by atoms with van der Waals surface area (Å²) < 4.78 is 5.25. The molecule has 0 amide bonds. The highest BCUT2D eigenvalue weighted by Gasteiger charge is 1.85. The van der Waals surface area contributed by atoms with Crippen molar-refractivity contribution < 1.29 is 14.9 Å². The van der Waals surface area contributed by atoms with Crippen LogP contribution >= 0.6 is 31.9 Å². The number of aliphatic hydroxyl groups excluding tert-OH is 2. The van der Waals surface area contributed by atoms with E-state index in [1.807, 2.05) is 0 Å². The molecule has 0 bridgehead atoms. The Kier molecular flexibility index (Phi) is 23.3. The average molecular weight is 322 g/mol. The summed E-state index contributed by atoms with van der Waals surface area (Å²) >= 11 is 6.66. The highest BCUT2D eigenvalue weighted by Crippen LogP contribution is 1.91. The van der Waals surface area contributed by atoms with Gasteiger partial charge in [0.05, 0.1) is 13.2 Å². The van der Waals surface area contributed by atoms with Gasteiger partial charge in [-0.3, -0.25) is 0 Å². The molecular formula is C8H18Br2O3. The van der Waals surface area contributed by atoms with Gasteiger partial charge in [0.25, 0.3) is 0 Å². The zero-order valence-corrected chi connectivity index (χ0v) is 10.9. The summed E-state index contributed by atoms with van der Waals surface area (Å²) in [6.07, 6.45) is 2.23. The number of aliphatic hydroxyl groups is 2. The summed E-state index contributed by atoms with van der Waals surface area (Å²) in [5, 5.41) is 17.3. The largest absolute Gasteiger partial charge is 0.394 e. The molecule has 5 heteroatoms. The van der Waals surface area contributed by atoms with Crippen LogP contribution in [0.2, 0.25) is 0 Å². The molecule has 0 aromatic rings. The molecule has 0 aromatic carbocycles. The van der Waals surface area contributed by atoms with Crippen molar-refractivity contribution in [3.05, 3.63) is 0 Å². The number of hydrogen-bond donors (Lipinski definition) is 2. The maximum Gasteiger partial charge on any atom is 0.0662 e. The van der Waals surface area contributed by atoms with Gasteiger partial charge in [0, 0.05) is 23.9 Å². The van der Waals surface area contributed by atoms with Crippen LogP contribution in [0.4, 0.5) is 0 Å². The third-order valence-electron chi connectivity index (χ3n) is 0.945. The molecule has 0 atom stereocenters. The first-order valence-corrected chi connectivity index (χ1v) is 6.49. The molecule has 3 nitrogen and oxygen atoms in total. The third-order valence-corrected chi connectivity index (χ3v) is 2.07. The number of alkyl halides is 2. The summed E-state index contributed by atoms with van der Waals surface area (Å²) in [6, 6.07) is 0. The molecule has 0 fully saturated rings. The van der Waals surface area contributed by atoms with Crippen LogP contribution in [0.25, 0.3) is 0 Å². The highest BCUT2D eigenvalue weighted by atomic mass is 79.9. The van der Waals surface area contributed by atoms with E-state index in [-0.39, 0.29) is 13.2 Å². The van der Waals surface area contributed by atoms with Crippen LogP contribution in [0.3, 0.4) is 0 Å². The molecule has 0 aliphatic rings. The lowest BCUT2D eigenvalue weighted by Gasteiger charge is -1.98. The molecule has 0 radical (unpaired) electrons. The Morgan fingerprint density at radius 3 is 1.46 bits per heavy atom. The van der Waals surface area contributed by atoms with Crippen LogP contribution in [-0.4, -0.2) is 47.3 Å². The Morgan fingerprint density at radius 1 is 0.846 bits per heavy atom. The van der Waals surface area contributed by atoms with E-state index in [2.05, 4.69) is 31.9 Å². The van der Waals surface area contributed by atoms with Crippen molar-refractivity contribution in [3.63, 3.8) is 0 Å². The molecule has 0 heterocycles. The van der Waals surface area contributed by atoms with E-state index < -0.39 is 0 Å². The maximum atomic E-state index is 7.62. The molecule has 2 N–H and O–H groups in total. The topological polar surface area (TPSA) is 49.7 Å². The van der Waals surface area contributed by atoms with Gasteiger partial charge in [-0.25, -0.2) is 0 Å². The van der Waals surface area contributed by atoms with Gasteiger partial charge in [0.2, 0.25) is 0 Å². The van der Waals surface area contributed by atoms with E-state index in [1.165, 1.54) is 0 Å². The molecule has 0 aliphatic carbocycles. The minimum absolute atomic E-state index is 0.125. The van der Waals surface area contributed by atoms with Gasteiger partial charge in [0.15, 0.2) is 0 Å². The second-order valence-electron chi connectivity index (χ2n) is 2.14. The fourth-order valence-electron chi connectivity index (χ4n) is 0.415. The Labute approximate surface area is 96.7 Å². The Balaban J connectivity index is 0. The molecule has 0 unspecified atom stereocenters. The summed E-state index contributed by atoms with van der Waals surface area (Å²) in [4.78, 5) is 0. The fourth-order valence-corrected chi connectivity index (χ4v) is 0.873. The van der Waals surface area contributed by atoms with Gasteiger partial charge in [0.1, 0.15) is 0 Å². The van der Waals surface area contributed by atoms with E-state index >= 15 is 0 Å². The molecule has 0 rings (SSSR count). The standard InChI is InChI=1S/C6H12Br2O.C2H6O2/c7-3-1-5-9-6-2-4-8;3-1-2-4/h1-6H2;3-4H,1-2H2. The predicted molar refractivity (Wildman–Crippen MR) is 61.8 cm³/mol. The van der Waals surface area contributed by atoms with Crippen molar-refractivity contribution in [2.75, 3.05) is 37.1 Å². The molecule has 82 valence electrons. The summed E-state index contributed by atoms with van der Waals surface area (Å²) in [5.74, 6) is 0. The summed E-state index contributed by atoms with van der Waals surface area (Å²) in [6.45, 7) is 1.52. The van der Waals surface area contributed by atoms with Crippen molar-refractivity contribution in [1.82, 2.24) is 0 Å². The summed E-state index contributed by atoms with van der Waals surface area (Å²) in [5.41, 5.74) is 0. The van der Waals surface area contributed by atoms with Gasteiger partial charge in [-0.1, -0.05) is 31.9 Å². The van der Waals surface area contributed by atoms with E-state index in [4.69, 9.17) is 14.9 Å². The van der Waals surface area contributed by atoms with Crippen molar-refractivity contribution in [3.8, 4) is 0 Å². The normalized spacial score (nSPS) is 9.23. The van der Waals surface area contributed by atoms with Crippen LogP contribution in [0.5, 0.6) is 0 Å². The lowest BCUT2D eigenvalue weighted by molar-refractivity contribution is 0.137. The van der Waals surface area contributed by atoms with Gasteiger partial charge in [-0.2, -0.15) is 0 Å². The SMILES string of the molecule is BrCCCOCCCBr.OCCO. The average Bonchev–Trinajstić information content (AvgIpc) is 2.18. The van der Waals surface area contributed by atoms with Gasteiger partial charge >= 0.3 is 0 Å². The van der Waals surface area contributed by atoms with Gasteiger partial charge in [-0.05, 0) is 12.8 Å². The van der Waals surface area contributed by atoms with Gasteiger partial charge < -0.3 is 14.9 Å². The van der Waals surface area contributed by atoms with E-state index in [0.29, 0.717) is 0 Å². The number of ether oxygens (including phenoxy) is 1. The minimum Gasteiger partial charge on any atom is -0.394 e. The smallest absolute Gasteiger partial charge is 0.0662 e. The molecule has 0 aliphatic heterocycles. The monoisotopic (exact) mass is 320 g/mol. The van der Waals surface area contributed by atoms with E-state index in [1.54, 1.807) is 0 Å². The van der Waals surface area contributed by atoms with Crippen LogP contribution in [-0.2, 0) is 4.74 Å². The van der Waals surface area contributed by atoms with E-state index in [9.17, 15) is 0 Å². The molecule has 0 saturated carbocycles. The first-order valence-electron chi connectivity index (χ1n) is 4.24. The van der Waals surface area contributed by atoms with Crippen LogP contribution in [0, 0.1) is 0 Å². The van der Waals surface area contributed by atoms with Crippen LogP contribution in [0.15, 0.2) is 0 Å². The lowest BCUT2D eigenvalue weighted by atomic mass is 10.5. The first-order chi connectivity index (χ1) is 6.33.